The standard InChI is InChI=1S/C15H19N3O3S/c1-3-4-9-14-17-18-15(22-14)16-13(19)10-21-12-8-6-5-7-11(12)20-2/h5-8H,3-4,9-10H2,1-2H3,(H,16,18,19). The minimum atomic E-state index is -0.274. The summed E-state index contributed by atoms with van der Waals surface area (Å²) in [5.74, 6) is 0.846. The van der Waals surface area contributed by atoms with E-state index in [2.05, 4.69) is 22.4 Å². The second-order valence-corrected chi connectivity index (χ2v) is 5.65. The SMILES string of the molecule is CCCCc1nnc(NC(=O)COc2ccccc2OC)s1. The van der Waals surface area contributed by atoms with Crippen LogP contribution in [-0.2, 0) is 11.2 Å². The Bertz CT molecular complexity index is 616. The molecule has 7 heteroatoms. The fraction of sp³-hybridized carbons (Fsp3) is 0.400. The van der Waals surface area contributed by atoms with Crippen molar-refractivity contribution in [1.82, 2.24) is 10.2 Å². The maximum atomic E-state index is 11.9. The molecule has 0 fully saturated rings. The summed E-state index contributed by atoms with van der Waals surface area (Å²) >= 11 is 1.40. The molecule has 0 unspecified atom stereocenters. The van der Waals surface area contributed by atoms with Gasteiger partial charge in [0.25, 0.3) is 5.91 Å². The van der Waals surface area contributed by atoms with Crippen LogP contribution in [0.1, 0.15) is 24.8 Å². The quantitative estimate of drug-likeness (QED) is 0.809. The van der Waals surface area contributed by atoms with Crippen LogP contribution in [-0.4, -0.2) is 29.8 Å². The minimum absolute atomic E-state index is 0.107. The number of aromatic nitrogens is 2. The Kier molecular flexibility index (Phi) is 6.14. The third-order valence-electron chi connectivity index (χ3n) is 2.89. The van der Waals surface area contributed by atoms with E-state index in [0.717, 1.165) is 24.3 Å². The number of ether oxygens (including phenoxy) is 2. The fourth-order valence-corrected chi connectivity index (χ4v) is 2.57. The lowest BCUT2D eigenvalue weighted by Gasteiger charge is -2.09. The van der Waals surface area contributed by atoms with Crippen molar-refractivity contribution in [3.8, 4) is 11.5 Å². The Balaban J connectivity index is 1.84. The van der Waals surface area contributed by atoms with Crippen molar-refractivity contribution in [2.24, 2.45) is 0 Å². The van der Waals surface area contributed by atoms with Gasteiger partial charge in [0.15, 0.2) is 18.1 Å². The van der Waals surface area contributed by atoms with Gasteiger partial charge in [0.05, 0.1) is 7.11 Å². The van der Waals surface area contributed by atoms with Crippen molar-refractivity contribution in [3.63, 3.8) is 0 Å². The van der Waals surface area contributed by atoms with E-state index in [9.17, 15) is 4.79 Å². The van der Waals surface area contributed by atoms with Crippen LogP contribution < -0.4 is 14.8 Å². The van der Waals surface area contributed by atoms with E-state index in [4.69, 9.17) is 9.47 Å². The number of carbonyl (C=O) groups is 1. The number of methoxy groups -OCH3 is 1. The normalized spacial score (nSPS) is 10.3. The predicted molar refractivity (Wildman–Crippen MR) is 85.6 cm³/mol. The summed E-state index contributed by atoms with van der Waals surface area (Å²) in [6, 6.07) is 7.18. The molecule has 22 heavy (non-hydrogen) atoms. The number of carbonyl (C=O) groups excluding carboxylic acids is 1. The van der Waals surface area contributed by atoms with Crippen LogP contribution in [0.5, 0.6) is 11.5 Å². The first-order chi connectivity index (χ1) is 10.7. The highest BCUT2D eigenvalue weighted by Gasteiger charge is 2.10. The molecule has 0 radical (unpaired) electrons. The summed E-state index contributed by atoms with van der Waals surface area (Å²) in [6.45, 7) is 2.02. The molecule has 0 spiro atoms. The third kappa shape index (κ3) is 4.70. The molecule has 118 valence electrons. The van der Waals surface area contributed by atoms with E-state index in [1.165, 1.54) is 11.3 Å². The van der Waals surface area contributed by atoms with Gasteiger partial charge in [0, 0.05) is 6.42 Å². The molecule has 1 amide bonds. The van der Waals surface area contributed by atoms with E-state index < -0.39 is 0 Å². The molecule has 6 nitrogen and oxygen atoms in total. The molecular formula is C15H19N3O3S. The summed E-state index contributed by atoms with van der Waals surface area (Å²) in [5.41, 5.74) is 0. The number of unbranched alkanes of at least 4 members (excludes halogenated alkanes) is 1. The van der Waals surface area contributed by atoms with Gasteiger partial charge in [-0.05, 0) is 18.6 Å². The molecule has 2 rings (SSSR count). The second-order valence-electron chi connectivity index (χ2n) is 4.59. The van der Waals surface area contributed by atoms with Gasteiger partial charge >= 0.3 is 0 Å². The molecule has 1 aromatic carbocycles. The van der Waals surface area contributed by atoms with Crippen molar-refractivity contribution in [2.45, 2.75) is 26.2 Å². The minimum Gasteiger partial charge on any atom is -0.493 e. The molecule has 1 aromatic heterocycles. The zero-order valence-electron chi connectivity index (χ0n) is 12.7. The first-order valence-electron chi connectivity index (χ1n) is 7.11. The van der Waals surface area contributed by atoms with E-state index in [0.29, 0.717) is 16.6 Å². The number of anilines is 1. The highest BCUT2D eigenvalue weighted by atomic mass is 32.1. The van der Waals surface area contributed by atoms with Crippen LogP contribution in [0, 0.1) is 0 Å². The maximum Gasteiger partial charge on any atom is 0.264 e. The number of hydrogen-bond acceptors (Lipinski definition) is 6. The number of nitrogens with one attached hydrogen (secondary N) is 1. The Morgan fingerprint density at radius 2 is 2.05 bits per heavy atom. The highest BCUT2D eigenvalue weighted by Crippen LogP contribution is 2.25. The average molecular weight is 321 g/mol. The number of rotatable bonds is 8. The Morgan fingerprint density at radius 3 is 2.77 bits per heavy atom. The smallest absolute Gasteiger partial charge is 0.264 e. The van der Waals surface area contributed by atoms with Gasteiger partial charge in [-0.15, -0.1) is 10.2 Å². The van der Waals surface area contributed by atoms with Crippen LogP contribution in [0.25, 0.3) is 0 Å². The van der Waals surface area contributed by atoms with E-state index in [-0.39, 0.29) is 12.5 Å². The van der Waals surface area contributed by atoms with Crippen LogP contribution in [0.15, 0.2) is 24.3 Å². The van der Waals surface area contributed by atoms with Gasteiger partial charge in [-0.2, -0.15) is 0 Å². The van der Waals surface area contributed by atoms with Crippen molar-refractivity contribution in [2.75, 3.05) is 19.0 Å². The van der Waals surface area contributed by atoms with Crippen LogP contribution in [0.4, 0.5) is 5.13 Å². The zero-order chi connectivity index (χ0) is 15.8. The van der Waals surface area contributed by atoms with Crippen molar-refractivity contribution >= 4 is 22.4 Å². The molecular weight excluding hydrogens is 302 g/mol. The van der Waals surface area contributed by atoms with Crippen molar-refractivity contribution in [3.05, 3.63) is 29.3 Å². The summed E-state index contributed by atoms with van der Waals surface area (Å²) in [5, 5.41) is 12.1. The molecule has 0 saturated heterocycles. The van der Waals surface area contributed by atoms with Crippen molar-refractivity contribution < 1.29 is 14.3 Å². The third-order valence-corrected chi connectivity index (χ3v) is 3.78. The maximum absolute atomic E-state index is 11.9. The lowest BCUT2D eigenvalue weighted by molar-refractivity contribution is -0.118. The molecule has 2 aromatic rings. The monoisotopic (exact) mass is 321 g/mol. The number of amides is 1. The van der Waals surface area contributed by atoms with Gasteiger partial charge in [0.1, 0.15) is 5.01 Å². The molecule has 0 aliphatic rings. The van der Waals surface area contributed by atoms with E-state index >= 15 is 0 Å². The van der Waals surface area contributed by atoms with Gasteiger partial charge in [-0.1, -0.05) is 36.8 Å². The number of benzene rings is 1. The van der Waals surface area contributed by atoms with Crippen LogP contribution in [0.2, 0.25) is 0 Å². The highest BCUT2D eigenvalue weighted by molar-refractivity contribution is 7.15. The number of hydrogen-bond donors (Lipinski definition) is 1. The second kappa shape index (κ2) is 8.33. The molecule has 0 aliphatic carbocycles. The summed E-state index contributed by atoms with van der Waals surface area (Å²) in [4.78, 5) is 11.9. The van der Waals surface area contributed by atoms with Crippen LogP contribution >= 0.6 is 11.3 Å². The molecule has 0 saturated carbocycles. The molecule has 1 heterocycles. The Hall–Kier alpha value is -2.15. The Morgan fingerprint density at radius 1 is 1.27 bits per heavy atom. The van der Waals surface area contributed by atoms with Gasteiger partial charge < -0.3 is 9.47 Å². The van der Waals surface area contributed by atoms with E-state index in [1.807, 2.05) is 12.1 Å². The number of para-hydroxylation sites is 2. The van der Waals surface area contributed by atoms with E-state index in [1.54, 1.807) is 19.2 Å². The summed E-state index contributed by atoms with van der Waals surface area (Å²) in [6.07, 6.45) is 3.06. The lowest BCUT2D eigenvalue weighted by Crippen LogP contribution is -2.20. The van der Waals surface area contributed by atoms with Gasteiger partial charge in [-0.3, -0.25) is 10.1 Å². The summed E-state index contributed by atoms with van der Waals surface area (Å²) in [7, 11) is 1.56. The lowest BCUT2D eigenvalue weighted by atomic mass is 10.3. The largest absolute Gasteiger partial charge is 0.493 e. The zero-order valence-corrected chi connectivity index (χ0v) is 13.5. The molecule has 0 bridgehead atoms. The van der Waals surface area contributed by atoms with Gasteiger partial charge in [0.2, 0.25) is 5.13 Å². The molecule has 0 atom stereocenters. The number of aryl methyl sites for hydroxylation is 1. The van der Waals surface area contributed by atoms with Crippen molar-refractivity contribution in [1.29, 1.82) is 0 Å². The first-order valence-corrected chi connectivity index (χ1v) is 7.92. The summed E-state index contributed by atoms with van der Waals surface area (Å²) < 4.78 is 10.6. The number of nitrogens with zero attached hydrogens (tertiary/aromatic N) is 2. The molecule has 0 aliphatic heterocycles. The van der Waals surface area contributed by atoms with Crippen LogP contribution in [0.3, 0.4) is 0 Å². The average Bonchev–Trinajstić information content (AvgIpc) is 2.98. The van der Waals surface area contributed by atoms with Gasteiger partial charge in [-0.25, -0.2) is 0 Å². The first kappa shape index (κ1) is 16.2. The fourth-order valence-electron chi connectivity index (χ4n) is 1.77. The Labute approximate surface area is 133 Å². The molecule has 1 N–H and O–H groups in total. The predicted octanol–water partition coefficient (Wildman–Crippen LogP) is 2.91. The topological polar surface area (TPSA) is 73.3 Å².